The Kier molecular flexibility index (Phi) is 5.65. The van der Waals surface area contributed by atoms with E-state index in [1.165, 1.54) is 5.56 Å². The van der Waals surface area contributed by atoms with Gasteiger partial charge >= 0.3 is 0 Å². The molecule has 0 aliphatic rings. The second-order valence-electron chi connectivity index (χ2n) is 4.58. The molecule has 0 aliphatic carbocycles. The molecule has 0 aliphatic heterocycles. The summed E-state index contributed by atoms with van der Waals surface area (Å²) in [6, 6.07) is 6.01. The molecule has 1 aromatic carbocycles. The molecular weight excluding hydrogens is 228 g/mol. The van der Waals surface area contributed by atoms with Gasteiger partial charge in [-0.2, -0.15) is 0 Å². The minimum atomic E-state index is 0.0181. The van der Waals surface area contributed by atoms with Gasteiger partial charge in [0.1, 0.15) is 5.75 Å². The Labute approximate surface area is 109 Å². The van der Waals surface area contributed by atoms with E-state index in [2.05, 4.69) is 18.4 Å². The van der Waals surface area contributed by atoms with Crippen LogP contribution in [-0.2, 0) is 4.79 Å². The molecule has 0 saturated heterocycles. The SMILES string of the molecule is Cc1cccc(OCCCC(=O)NN(C)C)c1C. The Balaban J connectivity index is 2.30. The van der Waals surface area contributed by atoms with E-state index in [9.17, 15) is 4.79 Å². The van der Waals surface area contributed by atoms with Crippen molar-refractivity contribution in [2.45, 2.75) is 26.7 Å². The van der Waals surface area contributed by atoms with Crippen molar-refractivity contribution in [1.82, 2.24) is 10.4 Å². The van der Waals surface area contributed by atoms with Gasteiger partial charge in [-0.05, 0) is 37.5 Å². The van der Waals surface area contributed by atoms with E-state index in [1.807, 2.05) is 19.1 Å². The molecule has 0 aromatic heterocycles. The van der Waals surface area contributed by atoms with Gasteiger partial charge < -0.3 is 4.74 Å². The second kappa shape index (κ2) is 7.01. The molecule has 18 heavy (non-hydrogen) atoms. The van der Waals surface area contributed by atoms with Gasteiger partial charge in [-0.15, -0.1) is 0 Å². The quantitative estimate of drug-likeness (QED) is 0.620. The van der Waals surface area contributed by atoms with Gasteiger partial charge in [0, 0.05) is 20.5 Å². The Morgan fingerprint density at radius 2 is 2.06 bits per heavy atom. The minimum absolute atomic E-state index is 0.0181. The number of nitrogens with zero attached hydrogens (tertiary/aromatic N) is 1. The fourth-order valence-electron chi connectivity index (χ4n) is 1.60. The summed E-state index contributed by atoms with van der Waals surface area (Å²) < 4.78 is 5.68. The number of carbonyl (C=O) groups is 1. The minimum Gasteiger partial charge on any atom is -0.493 e. The molecule has 0 saturated carbocycles. The van der Waals surface area contributed by atoms with Crippen molar-refractivity contribution < 1.29 is 9.53 Å². The first-order chi connectivity index (χ1) is 8.50. The van der Waals surface area contributed by atoms with Crippen molar-refractivity contribution in [1.29, 1.82) is 0 Å². The standard InChI is InChI=1S/C14H22N2O2/c1-11-7-5-8-13(12(11)2)18-10-6-9-14(17)15-16(3)4/h5,7-8H,6,9-10H2,1-4H3,(H,15,17). The Morgan fingerprint density at radius 3 is 2.72 bits per heavy atom. The number of benzene rings is 1. The van der Waals surface area contributed by atoms with Crippen LogP contribution in [0.2, 0.25) is 0 Å². The zero-order valence-electron chi connectivity index (χ0n) is 11.6. The van der Waals surface area contributed by atoms with Gasteiger partial charge in [0.15, 0.2) is 0 Å². The van der Waals surface area contributed by atoms with Gasteiger partial charge in [0.25, 0.3) is 0 Å². The smallest absolute Gasteiger partial charge is 0.234 e. The van der Waals surface area contributed by atoms with E-state index >= 15 is 0 Å². The van der Waals surface area contributed by atoms with Crippen molar-refractivity contribution in [3.05, 3.63) is 29.3 Å². The van der Waals surface area contributed by atoms with Crippen molar-refractivity contribution in [2.75, 3.05) is 20.7 Å². The van der Waals surface area contributed by atoms with E-state index in [4.69, 9.17) is 4.74 Å². The lowest BCUT2D eigenvalue weighted by Gasteiger charge is -2.13. The fraction of sp³-hybridized carbons (Fsp3) is 0.500. The average Bonchev–Trinajstić information content (AvgIpc) is 2.29. The lowest BCUT2D eigenvalue weighted by molar-refractivity contribution is -0.125. The van der Waals surface area contributed by atoms with Crippen LogP contribution in [0.5, 0.6) is 5.75 Å². The van der Waals surface area contributed by atoms with Gasteiger partial charge in [-0.25, -0.2) is 5.01 Å². The first-order valence-corrected chi connectivity index (χ1v) is 6.16. The lowest BCUT2D eigenvalue weighted by atomic mass is 10.1. The molecule has 100 valence electrons. The van der Waals surface area contributed by atoms with E-state index in [0.29, 0.717) is 19.4 Å². The number of hydrogen-bond donors (Lipinski definition) is 1. The maximum Gasteiger partial charge on any atom is 0.234 e. The molecule has 0 spiro atoms. The topological polar surface area (TPSA) is 41.6 Å². The third kappa shape index (κ3) is 4.75. The molecule has 0 fully saturated rings. The first-order valence-electron chi connectivity index (χ1n) is 6.16. The summed E-state index contributed by atoms with van der Waals surface area (Å²) in [6.45, 7) is 4.67. The molecule has 1 aromatic rings. The summed E-state index contributed by atoms with van der Waals surface area (Å²) >= 11 is 0. The highest BCUT2D eigenvalue weighted by Gasteiger charge is 2.04. The number of ether oxygens (including phenoxy) is 1. The maximum atomic E-state index is 11.4. The fourth-order valence-corrected chi connectivity index (χ4v) is 1.60. The number of hydrogen-bond acceptors (Lipinski definition) is 3. The van der Waals surface area contributed by atoms with Gasteiger partial charge in [-0.3, -0.25) is 10.2 Å². The average molecular weight is 250 g/mol. The zero-order chi connectivity index (χ0) is 13.5. The molecule has 1 N–H and O–H groups in total. The highest BCUT2D eigenvalue weighted by atomic mass is 16.5. The van der Waals surface area contributed by atoms with Crippen LogP contribution >= 0.6 is 0 Å². The summed E-state index contributed by atoms with van der Waals surface area (Å²) in [5.74, 6) is 0.924. The van der Waals surface area contributed by atoms with Gasteiger partial charge in [0.05, 0.1) is 6.61 Å². The summed E-state index contributed by atoms with van der Waals surface area (Å²) in [4.78, 5) is 11.4. The molecule has 4 heteroatoms. The highest BCUT2D eigenvalue weighted by Crippen LogP contribution is 2.20. The predicted molar refractivity (Wildman–Crippen MR) is 72.5 cm³/mol. The van der Waals surface area contributed by atoms with E-state index in [-0.39, 0.29) is 5.91 Å². The third-order valence-corrected chi connectivity index (χ3v) is 2.71. The van der Waals surface area contributed by atoms with E-state index in [0.717, 1.165) is 11.3 Å². The first kappa shape index (κ1) is 14.5. The van der Waals surface area contributed by atoms with E-state index in [1.54, 1.807) is 19.1 Å². The summed E-state index contributed by atoms with van der Waals surface area (Å²) in [6.07, 6.45) is 1.19. The molecule has 0 heterocycles. The van der Waals surface area contributed by atoms with Crippen LogP contribution in [-0.4, -0.2) is 31.6 Å². The van der Waals surface area contributed by atoms with Crippen LogP contribution < -0.4 is 10.2 Å². The van der Waals surface area contributed by atoms with Gasteiger partial charge in [0.2, 0.25) is 5.91 Å². The Hall–Kier alpha value is -1.55. The van der Waals surface area contributed by atoms with Crippen LogP contribution in [0.15, 0.2) is 18.2 Å². The van der Waals surface area contributed by atoms with Crippen molar-refractivity contribution in [3.8, 4) is 5.75 Å². The van der Waals surface area contributed by atoms with Crippen LogP contribution in [0.4, 0.5) is 0 Å². The number of nitrogens with one attached hydrogen (secondary N) is 1. The number of hydrazine groups is 1. The van der Waals surface area contributed by atoms with Crippen LogP contribution in [0.25, 0.3) is 0 Å². The lowest BCUT2D eigenvalue weighted by Crippen LogP contribution is -2.36. The summed E-state index contributed by atoms with van der Waals surface area (Å²) in [7, 11) is 3.59. The molecule has 4 nitrogen and oxygen atoms in total. The molecule has 0 atom stereocenters. The van der Waals surface area contributed by atoms with Crippen molar-refractivity contribution in [3.63, 3.8) is 0 Å². The van der Waals surface area contributed by atoms with Crippen LogP contribution in [0.1, 0.15) is 24.0 Å². The Morgan fingerprint density at radius 1 is 1.33 bits per heavy atom. The van der Waals surface area contributed by atoms with Crippen molar-refractivity contribution in [2.24, 2.45) is 0 Å². The number of carbonyl (C=O) groups excluding carboxylic acids is 1. The molecule has 0 unspecified atom stereocenters. The molecule has 0 radical (unpaired) electrons. The van der Waals surface area contributed by atoms with E-state index < -0.39 is 0 Å². The summed E-state index contributed by atoms with van der Waals surface area (Å²) in [5, 5.41) is 1.65. The van der Waals surface area contributed by atoms with Crippen molar-refractivity contribution >= 4 is 5.91 Å². The maximum absolute atomic E-state index is 11.4. The summed E-state index contributed by atoms with van der Waals surface area (Å²) in [5.41, 5.74) is 5.08. The number of aryl methyl sites for hydroxylation is 1. The van der Waals surface area contributed by atoms with Crippen LogP contribution in [0.3, 0.4) is 0 Å². The predicted octanol–water partition coefficient (Wildman–Crippen LogP) is 2.06. The molecule has 1 rings (SSSR count). The normalized spacial score (nSPS) is 10.5. The molecule has 0 bridgehead atoms. The number of amides is 1. The molecular formula is C14H22N2O2. The van der Waals surface area contributed by atoms with Gasteiger partial charge in [-0.1, -0.05) is 12.1 Å². The second-order valence-corrected chi connectivity index (χ2v) is 4.58. The van der Waals surface area contributed by atoms with Crippen LogP contribution in [0, 0.1) is 13.8 Å². The number of rotatable bonds is 6. The zero-order valence-corrected chi connectivity index (χ0v) is 11.6. The largest absolute Gasteiger partial charge is 0.493 e. The Bertz CT molecular complexity index is 403. The highest BCUT2D eigenvalue weighted by molar-refractivity contribution is 5.75. The molecule has 1 amide bonds. The third-order valence-electron chi connectivity index (χ3n) is 2.71. The monoisotopic (exact) mass is 250 g/mol.